The highest BCUT2D eigenvalue weighted by molar-refractivity contribution is 5.70. The van der Waals surface area contributed by atoms with Crippen molar-refractivity contribution >= 4 is 5.97 Å². The summed E-state index contributed by atoms with van der Waals surface area (Å²) in [6.45, 7) is 7.39. The van der Waals surface area contributed by atoms with Crippen molar-refractivity contribution in [2.45, 2.75) is 51.6 Å². The molecule has 0 radical (unpaired) electrons. The fourth-order valence-corrected chi connectivity index (χ4v) is 3.90. The molecule has 2 atom stereocenters. The van der Waals surface area contributed by atoms with Crippen LogP contribution in [0.1, 0.15) is 46.0 Å². The van der Waals surface area contributed by atoms with Crippen LogP contribution >= 0.6 is 0 Å². The zero-order chi connectivity index (χ0) is 14.0. The van der Waals surface area contributed by atoms with E-state index in [0.29, 0.717) is 44.1 Å². The molecule has 2 aliphatic rings. The fraction of sp³-hybridized carbons (Fsp3) is 0.933. The van der Waals surface area contributed by atoms with Crippen LogP contribution in [0, 0.1) is 17.8 Å². The summed E-state index contributed by atoms with van der Waals surface area (Å²) < 4.78 is 0. The Labute approximate surface area is 115 Å². The van der Waals surface area contributed by atoms with E-state index >= 15 is 0 Å². The van der Waals surface area contributed by atoms with Crippen LogP contribution in [0.5, 0.6) is 0 Å². The first kappa shape index (κ1) is 14.8. The molecular weight excluding hydrogens is 242 g/mol. The molecule has 1 aliphatic carbocycles. The van der Waals surface area contributed by atoms with Gasteiger partial charge >= 0.3 is 5.97 Å². The van der Waals surface area contributed by atoms with Crippen molar-refractivity contribution in [2.24, 2.45) is 17.8 Å². The van der Waals surface area contributed by atoms with Crippen LogP contribution in [-0.4, -0.2) is 46.3 Å². The summed E-state index contributed by atoms with van der Waals surface area (Å²) in [6.07, 6.45) is 3.76. The van der Waals surface area contributed by atoms with Gasteiger partial charge in [0.2, 0.25) is 0 Å². The van der Waals surface area contributed by atoms with Crippen LogP contribution in [0.2, 0.25) is 0 Å². The van der Waals surface area contributed by atoms with Gasteiger partial charge in [0.25, 0.3) is 0 Å². The largest absolute Gasteiger partial charge is 0.481 e. The third-order valence-electron chi connectivity index (χ3n) is 4.73. The van der Waals surface area contributed by atoms with Gasteiger partial charge in [-0.25, -0.2) is 0 Å². The van der Waals surface area contributed by atoms with E-state index in [1.807, 2.05) is 0 Å². The van der Waals surface area contributed by atoms with Crippen molar-refractivity contribution in [2.75, 3.05) is 19.6 Å². The first-order chi connectivity index (χ1) is 8.88. The highest BCUT2D eigenvalue weighted by Crippen LogP contribution is 2.34. The van der Waals surface area contributed by atoms with Crippen LogP contribution in [0.3, 0.4) is 0 Å². The second kappa shape index (κ2) is 5.80. The predicted octanol–water partition coefficient (Wildman–Crippen LogP) is 1.97. The Morgan fingerprint density at radius 2 is 1.74 bits per heavy atom. The fourth-order valence-electron chi connectivity index (χ4n) is 3.90. The minimum absolute atomic E-state index is 0.250. The minimum Gasteiger partial charge on any atom is -0.481 e. The summed E-state index contributed by atoms with van der Waals surface area (Å²) in [4.78, 5) is 13.3. The Hall–Kier alpha value is -0.610. The van der Waals surface area contributed by atoms with Gasteiger partial charge in [-0.3, -0.25) is 9.69 Å². The lowest BCUT2D eigenvalue weighted by atomic mass is 9.78. The molecule has 1 saturated carbocycles. The average molecular weight is 269 g/mol. The van der Waals surface area contributed by atoms with E-state index < -0.39 is 11.6 Å². The zero-order valence-electron chi connectivity index (χ0n) is 12.1. The van der Waals surface area contributed by atoms with Crippen LogP contribution in [0.4, 0.5) is 0 Å². The maximum Gasteiger partial charge on any atom is 0.306 e. The molecule has 0 amide bonds. The molecule has 2 unspecified atom stereocenters. The third kappa shape index (κ3) is 3.93. The molecule has 110 valence electrons. The Bertz CT molecular complexity index is 313. The Morgan fingerprint density at radius 1 is 1.21 bits per heavy atom. The van der Waals surface area contributed by atoms with E-state index in [0.717, 1.165) is 13.1 Å². The molecule has 1 aliphatic heterocycles. The summed E-state index contributed by atoms with van der Waals surface area (Å²) in [5, 5.41) is 19.7. The first-order valence-corrected chi connectivity index (χ1v) is 7.55. The monoisotopic (exact) mass is 269 g/mol. The smallest absolute Gasteiger partial charge is 0.306 e. The average Bonchev–Trinajstić information content (AvgIpc) is 2.27. The lowest BCUT2D eigenvalue weighted by Crippen LogP contribution is -2.50. The number of carboxylic acid groups (broad SMARTS) is 1. The quantitative estimate of drug-likeness (QED) is 0.822. The van der Waals surface area contributed by atoms with E-state index in [9.17, 15) is 9.90 Å². The van der Waals surface area contributed by atoms with E-state index in [1.165, 1.54) is 6.42 Å². The number of nitrogens with zero attached hydrogens (tertiary/aromatic N) is 1. The molecule has 4 heteroatoms. The molecule has 0 bridgehead atoms. The van der Waals surface area contributed by atoms with Gasteiger partial charge in [-0.2, -0.15) is 0 Å². The zero-order valence-corrected chi connectivity index (χ0v) is 12.1. The highest BCUT2D eigenvalue weighted by Gasteiger charge is 2.38. The van der Waals surface area contributed by atoms with Crippen LogP contribution < -0.4 is 0 Å². The molecule has 2 N–H and O–H groups in total. The van der Waals surface area contributed by atoms with E-state index in [1.54, 1.807) is 0 Å². The van der Waals surface area contributed by atoms with Gasteiger partial charge in [0.05, 0.1) is 11.5 Å². The first-order valence-electron chi connectivity index (χ1n) is 7.55. The minimum atomic E-state index is -0.706. The van der Waals surface area contributed by atoms with Crippen molar-refractivity contribution in [3.8, 4) is 0 Å². The highest BCUT2D eigenvalue weighted by atomic mass is 16.4. The van der Waals surface area contributed by atoms with E-state index in [2.05, 4.69) is 18.7 Å². The van der Waals surface area contributed by atoms with Crippen LogP contribution in [0.25, 0.3) is 0 Å². The van der Waals surface area contributed by atoms with Gasteiger partial charge < -0.3 is 10.2 Å². The molecule has 4 nitrogen and oxygen atoms in total. The maximum atomic E-state index is 10.9. The number of likely N-dealkylation sites (tertiary alicyclic amines) is 1. The molecule has 0 aromatic carbocycles. The SMILES string of the molecule is CC1CC(C)CN(CC2(O)CCC(C(=O)O)CC2)C1. The van der Waals surface area contributed by atoms with Gasteiger partial charge in [-0.05, 0) is 43.9 Å². The van der Waals surface area contributed by atoms with E-state index in [4.69, 9.17) is 5.11 Å². The van der Waals surface area contributed by atoms with Crippen LogP contribution in [-0.2, 0) is 4.79 Å². The number of hydrogen-bond acceptors (Lipinski definition) is 3. The summed E-state index contributed by atoms with van der Waals surface area (Å²) in [7, 11) is 0. The number of aliphatic hydroxyl groups is 1. The lowest BCUT2D eigenvalue weighted by molar-refractivity contribution is -0.145. The van der Waals surface area contributed by atoms with E-state index in [-0.39, 0.29) is 5.92 Å². The van der Waals surface area contributed by atoms with Crippen molar-refractivity contribution < 1.29 is 15.0 Å². The second-order valence-electron chi connectivity index (χ2n) is 6.98. The molecular formula is C15H27NO3. The van der Waals surface area contributed by atoms with Crippen molar-refractivity contribution in [1.29, 1.82) is 0 Å². The number of piperidine rings is 1. The maximum absolute atomic E-state index is 10.9. The number of hydrogen-bond donors (Lipinski definition) is 2. The van der Waals surface area contributed by atoms with Gasteiger partial charge in [0.1, 0.15) is 0 Å². The predicted molar refractivity (Wildman–Crippen MR) is 73.9 cm³/mol. The number of carboxylic acids is 1. The second-order valence-corrected chi connectivity index (χ2v) is 6.98. The van der Waals surface area contributed by atoms with Gasteiger partial charge in [-0.1, -0.05) is 13.8 Å². The molecule has 0 aromatic rings. The number of carbonyl (C=O) groups is 1. The number of β-amino-alcohol motifs (C(OH)–C–C–N with tert-alkyl or cyclic N) is 1. The molecule has 2 rings (SSSR count). The van der Waals surface area contributed by atoms with Crippen LogP contribution in [0.15, 0.2) is 0 Å². The molecule has 1 saturated heterocycles. The summed E-state index contributed by atoms with van der Waals surface area (Å²) in [5.74, 6) is 0.437. The summed E-state index contributed by atoms with van der Waals surface area (Å²) >= 11 is 0. The molecule has 0 spiro atoms. The Kier molecular flexibility index (Phi) is 4.51. The standard InChI is InChI=1S/C15H27NO3/c1-11-7-12(2)9-16(8-11)10-15(19)5-3-13(4-6-15)14(17)18/h11-13,19H,3-10H2,1-2H3,(H,17,18). The lowest BCUT2D eigenvalue weighted by Gasteiger charge is -2.42. The third-order valence-corrected chi connectivity index (χ3v) is 4.73. The van der Waals surface area contributed by atoms with Gasteiger partial charge in [-0.15, -0.1) is 0 Å². The number of rotatable bonds is 3. The summed E-state index contributed by atoms with van der Waals surface area (Å²) in [6, 6.07) is 0. The molecule has 2 fully saturated rings. The van der Waals surface area contributed by atoms with Gasteiger partial charge in [0, 0.05) is 19.6 Å². The molecule has 1 heterocycles. The molecule has 19 heavy (non-hydrogen) atoms. The Morgan fingerprint density at radius 3 is 2.21 bits per heavy atom. The summed E-state index contributed by atoms with van der Waals surface area (Å²) in [5.41, 5.74) is -0.664. The molecule has 0 aromatic heterocycles. The van der Waals surface area contributed by atoms with Gasteiger partial charge in [0.15, 0.2) is 0 Å². The van der Waals surface area contributed by atoms with Crippen molar-refractivity contribution in [3.05, 3.63) is 0 Å². The topological polar surface area (TPSA) is 60.8 Å². The van der Waals surface area contributed by atoms with Crippen molar-refractivity contribution in [1.82, 2.24) is 4.90 Å². The Balaban J connectivity index is 1.86. The van der Waals surface area contributed by atoms with Crippen molar-refractivity contribution in [3.63, 3.8) is 0 Å². The number of aliphatic carboxylic acids is 1. The normalized spacial score (nSPS) is 41.1.